The maximum atomic E-state index is 14.1. The summed E-state index contributed by atoms with van der Waals surface area (Å²) in [7, 11) is 1.35. The smallest absolute Gasteiger partial charge is 0.373 e. The van der Waals surface area contributed by atoms with E-state index in [4.69, 9.17) is 24.3 Å². The molecule has 318 valence electrons. The molecule has 0 saturated carbocycles. The number of hydrogen-bond acceptors (Lipinski definition) is 16. The van der Waals surface area contributed by atoms with Crippen LogP contribution in [0.1, 0.15) is 70.2 Å². The summed E-state index contributed by atoms with van der Waals surface area (Å²) in [6.45, 7) is 8.39. The number of nitrogens with zero attached hydrogens (tertiary/aromatic N) is 12. The molecule has 4 aliphatic rings. The number of esters is 1. The number of hydrogen-bond donors (Lipinski definition) is 0. The second-order valence-corrected chi connectivity index (χ2v) is 17.5. The summed E-state index contributed by atoms with van der Waals surface area (Å²) in [5.41, 5.74) is 10.1. The van der Waals surface area contributed by atoms with Crippen LogP contribution in [-0.2, 0) is 84.1 Å². The number of carbonyl (C=O) groups excluding carboxylic acids is 5. The van der Waals surface area contributed by atoms with Crippen LogP contribution in [0.25, 0.3) is 11.1 Å². The Morgan fingerprint density at radius 1 is 0.694 bits per heavy atom. The number of fused-ring (bicyclic) bond motifs is 4. The minimum atomic E-state index is -0.378. The highest BCUT2D eigenvalue weighted by Crippen LogP contribution is 2.43. The van der Waals surface area contributed by atoms with Crippen LogP contribution in [0.2, 0.25) is 0 Å². The minimum absolute atomic E-state index is 0.0187. The summed E-state index contributed by atoms with van der Waals surface area (Å²) in [4.78, 5) is 76.4. The van der Waals surface area contributed by atoms with Crippen molar-refractivity contribution < 1.29 is 28.7 Å². The molecule has 0 radical (unpaired) electrons. The Hall–Kier alpha value is -6.31. The molecule has 4 aliphatic heterocycles. The van der Waals surface area contributed by atoms with Gasteiger partial charge in [0.2, 0.25) is 0 Å². The van der Waals surface area contributed by atoms with E-state index in [-0.39, 0.29) is 30.5 Å². The van der Waals surface area contributed by atoms with E-state index in [1.54, 1.807) is 6.20 Å². The van der Waals surface area contributed by atoms with E-state index in [1.165, 1.54) is 34.5 Å². The molecule has 0 bridgehead atoms. The summed E-state index contributed by atoms with van der Waals surface area (Å²) in [6, 6.07) is 12.4. The van der Waals surface area contributed by atoms with Gasteiger partial charge < -0.3 is 14.5 Å². The molecular formula is C42H42N12O6S2. The van der Waals surface area contributed by atoms with E-state index < -0.39 is 0 Å². The highest BCUT2D eigenvalue weighted by Gasteiger charge is 2.35. The Morgan fingerprint density at radius 2 is 1.18 bits per heavy atom. The molecule has 0 unspecified atom stereocenters. The number of aromatic nitrogens is 8. The molecule has 2 amide bonds. The molecule has 2 aromatic carbocycles. The lowest BCUT2D eigenvalue weighted by Crippen LogP contribution is -2.29. The molecule has 0 fully saturated rings. The summed E-state index contributed by atoms with van der Waals surface area (Å²) in [6.07, 6.45) is 7.03. The Balaban J connectivity index is 0.00000159. The number of ether oxygens (including phenoxy) is 1. The van der Waals surface area contributed by atoms with Gasteiger partial charge in [-0.25, -0.2) is 14.6 Å². The zero-order chi connectivity index (χ0) is 42.9. The van der Waals surface area contributed by atoms with Crippen LogP contribution in [0.15, 0.2) is 48.8 Å². The average Bonchev–Trinajstić information content (AvgIpc) is 4.15. The Bertz CT molecular complexity index is 2720. The molecule has 0 saturated heterocycles. The number of thiazole rings is 2. The Morgan fingerprint density at radius 3 is 1.65 bits per heavy atom. The first-order valence-corrected chi connectivity index (χ1v) is 22.0. The van der Waals surface area contributed by atoms with Crippen LogP contribution >= 0.6 is 22.7 Å². The fraction of sp³-hybridized carbons (Fsp3) is 0.381. The zero-order valence-electron chi connectivity index (χ0n) is 34.2. The van der Waals surface area contributed by atoms with Gasteiger partial charge in [-0.3, -0.25) is 28.9 Å². The van der Waals surface area contributed by atoms with E-state index >= 15 is 0 Å². The third-order valence-corrected chi connectivity index (χ3v) is 13.7. The van der Waals surface area contributed by atoms with Crippen LogP contribution in [0.5, 0.6) is 0 Å². The number of aryl methyl sites for hydroxylation is 1. The van der Waals surface area contributed by atoms with Gasteiger partial charge in [0.15, 0.2) is 10.0 Å². The molecule has 10 rings (SSSR count). The van der Waals surface area contributed by atoms with Gasteiger partial charge in [0.1, 0.15) is 6.54 Å². The first-order valence-electron chi connectivity index (χ1n) is 20.4. The first kappa shape index (κ1) is 41.1. The quantitative estimate of drug-likeness (QED) is 0.181. The Labute approximate surface area is 363 Å². The van der Waals surface area contributed by atoms with Gasteiger partial charge in [-0.1, -0.05) is 34.7 Å². The van der Waals surface area contributed by atoms with Gasteiger partial charge in [0, 0.05) is 99.1 Å². The molecule has 62 heavy (non-hydrogen) atoms. The standard InChI is InChI=1S/C41H42N12O4S2.CO2/c1-3-50-20-25(44-46-50)18-48-14-12-31-35(22-48)58-38(42-31)40(55)52-16-10-29-27(6-4-8-33(29)52)28-7-5-9-34-30(28)11-17-53(34)41(56)39-43-32-13-15-49(23-36(32)59-39)19-26-21-51(47-45-26)24-37(54)57-2;2-1-3/h4-9,20-21H,3,10-19,22-24H2,1-2H3;. The first-order chi connectivity index (χ1) is 30.2. The van der Waals surface area contributed by atoms with E-state index in [2.05, 4.69) is 42.6 Å². The predicted octanol–water partition coefficient (Wildman–Crippen LogP) is 3.58. The van der Waals surface area contributed by atoms with Gasteiger partial charge in [0.05, 0.1) is 36.1 Å². The van der Waals surface area contributed by atoms with Gasteiger partial charge in [0.25, 0.3) is 11.8 Å². The monoisotopic (exact) mass is 874 g/mol. The maximum absolute atomic E-state index is 14.1. The molecule has 18 nitrogen and oxygen atoms in total. The van der Waals surface area contributed by atoms with Crippen molar-refractivity contribution in [3.05, 3.63) is 102 Å². The van der Waals surface area contributed by atoms with Crippen molar-refractivity contribution in [1.82, 2.24) is 49.8 Å². The highest BCUT2D eigenvalue weighted by molar-refractivity contribution is 7.14. The molecular weight excluding hydrogens is 833 g/mol. The molecule has 8 heterocycles. The van der Waals surface area contributed by atoms with Crippen molar-refractivity contribution in [3.8, 4) is 11.1 Å². The van der Waals surface area contributed by atoms with E-state index in [0.29, 0.717) is 36.2 Å². The molecule has 20 heteroatoms. The molecule has 4 aromatic heterocycles. The van der Waals surface area contributed by atoms with Crippen LogP contribution in [0.4, 0.5) is 11.4 Å². The third kappa shape index (κ3) is 8.10. The average molecular weight is 875 g/mol. The van der Waals surface area contributed by atoms with Crippen LogP contribution in [0, 0.1) is 0 Å². The van der Waals surface area contributed by atoms with Crippen LogP contribution in [0.3, 0.4) is 0 Å². The SMILES string of the molecule is CCn1cc(CN2CCc3nc(C(=O)N4CCc5c(-c6cccc7c6CCN7C(=O)c6nc7c(s6)CN(Cc6cn(CC(=O)OC)nn6)CC7)cccc54)sc3C2)nn1.O=C=O. The number of amides is 2. The maximum Gasteiger partial charge on any atom is 0.373 e. The molecule has 0 spiro atoms. The number of rotatable bonds is 10. The third-order valence-electron chi connectivity index (χ3n) is 11.6. The number of benzene rings is 2. The van der Waals surface area contributed by atoms with Gasteiger partial charge in [-0.2, -0.15) is 9.59 Å². The van der Waals surface area contributed by atoms with Crippen molar-refractivity contribution >= 4 is 58.0 Å². The lowest BCUT2D eigenvalue weighted by atomic mass is 9.93. The number of anilines is 2. The summed E-state index contributed by atoms with van der Waals surface area (Å²) < 4.78 is 8.05. The summed E-state index contributed by atoms with van der Waals surface area (Å²) in [5, 5.41) is 17.8. The number of methoxy groups -OCH3 is 1. The van der Waals surface area contributed by atoms with E-state index in [9.17, 15) is 14.4 Å². The minimum Gasteiger partial charge on any atom is -0.468 e. The largest absolute Gasteiger partial charge is 0.468 e. The van der Waals surface area contributed by atoms with Crippen molar-refractivity contribution in [2.45, 2.75) is 71.9 Å². The fourth-order valence-electron chi connectivity index (χ4n) is 8.68. The summed E-state index contributed by atoms with van der Waals surface area (Å²) >= 11 is 2.98. The topological polar surface area (TPSA) is 195 Å². The van der Waals surface area contributed by atoms with Crippen LogP contribution < -0.4 is 9.80 Å². The lowest BCUT2D eigenvalue weighted by molar-refractivity contribution is -0.191. The van der Waals surface area contributed by atoms with Crippen molar-refractivity contribution in [3.63, 3.8) is 0 Å². The van der Waals surface area contributed by atoms with Gasteiger partial charge in [-0.05, 0) is 54.2 Å². The summed E-state index contributed by atoms with van der Waals surface area (Å²) in [5.74, 6) is -0.507. The second kappa shape index (κ2) is 17.6. The van der Waals surface area contributed by atoms with E-state index in [1.807, 2.05) is 51.9 Å². The van der Waals surface area contributed by atoms with Crippen molar-refractivity contribution in [2.75, 3.05) is 43.1 Å². The normalized spacial score (nSPS) is 15.6. The van der Waals surface area contributed by atoms with Crippen LogP contribution in [-0.4, -0.2) is 107 Å². The second-order valence-electron chi connectivity index (χ2n) is 15.4. The molecule has 0 aliphatic carbocycles. The fourth-order valence-corrected chi connectivity index (χ4v) is 10.9. The molecule has 0 N–H and O–H groups in total. The Kier molecular flexibility index (Phi) is 11.6. The lowest BCUT2D eigenvalue weighted by Gasteiger charge is -2.24. The molecule has 0 atom stereocenters. The van der Waals surface area contributed by atoms with E-state index in [0.717, 1.165) is 125 Å². The van der Waals surface area contributed by atoms with Gasteiger partial charge >= 0.3 is 12.1 Å². The zero-order valence-corrected chi connectivity index (χ0v) is 35.8. The predicted molar refractivity (Wildman–Crippen MR) is 225 cm³/mol. The highest BCUT2D eigenvalue weighted by atomic mass is 32.1. The van der Waals surface area contributed by atoms with Gasteiger partial charge in [-0.15, -0.1) is 32.9 Å². The van der Waals surface area contributed by atoms with Crippen molar-refractivity contribution in [2.24, 2.45) is 0 Å². The number of carbonyl (C=O) groups is 3. The molecule has 6 aromatic rings. The van der Waals surface area contributed by atoms with Crippen molar-refractivity contribution in [1.29, 1.82) is 0 Å².